The van der Waals surface area contributed by atoms with Crippen molar-refractivity contribution in [3.8, 4) is 0 Å². The molecule has 9 heteroatoms. The summed E-state index contributed by atoms with van der Waals surface area (Å²) in [6, 6.07) is 0. The Labute approximate surface area is 111 Å². The number of rotatable bonds is 3. The number of primary sulfonamides is 1. The number of sulfonamides is 1. The molecule has 19 heavy (non-hydrogen) atoms. The Morgan fingerprint density at radius 1 is 1.47 bits per heavy atom. The molecule has 1 amide bonds. The fourth-order valence-electron chi connectivity index (χ4n) is 1.98. The van der Waals surface area contributed by atoms with Crippen LogP contribution in [0.15, 0.2) is 4.90 Å². The molecule has 1 aliphatic rings. The van der Waals surface area contributed by atoms with Crippen molar-refractivity contribution in [2.24, 2.45) is 5.14 Å². The zero-order valence-electron chi connectivity index (χ0n) is 10.5. The van der Waals surface area contributed by atoms with E-state index in [1.807, 2.05) is 0 Å². The van der Waals surface area contributed by atoms with Gasteiger partial charge >= 0.3 is 0 Å². The van der Waals surface area contributed by atoms with Gasteiger partial charge in [0.25, 0.3) is 5.91 Å². The van der Waals surface area contributed by atoms with Gasteiger partial charge in [-0.2, -0.15) is 5.10 Å². The van der Waals surface area contributed by atoms with Crippen LogP contribution >= 0.6 is 0 Å². The highest BCUT2D eigenvalue weighted by Gasteiger charge is 2.30. The van der Waals surface area contributed by atoms with Crippen molar-refractivity contribution in [2.75, 3.05) is 26.3 Å². The molecule has 0 bridgehead atoms. The highest BCUT2D eigenvalue weighted by Crippen LogP contribution is 2.19. The smallest absolute Gasteiger partial charge is 0.275 e. The lowest BCUT2D eigenvalue weighted by molar-refractivity contribution is 0.0296. The molecule has 0 atom stereocenters. The summed E-state index contributed by atoms with van der Waals surface area (Å²) in [4.78, 5) is 13.6. The van der Waals surface area contributed by atoms with E-state index >= 15 is 0 Å². The van der Waals surface area contributed by atoms with E-state index in [0.717, 1.165) is 0 Å². The van der Waals surface area contributed by atoms with Crippen LogP contribution in [0.5, 0.6) is 0 Å². The Hall–Kier alpha value is -1.45. The number of H-pyrrole nitrogens is 1. The second-order valence-corrected chi connectivity index (χ2v) is 5.68. The maximum atomic E-state index is 12.3. The Morgan fingerprint density at radius 3 is 2.63 bits per heavy atom. The molecule has 0 spiro atoms. The average molecular weight is 288 g/mol. The largest absolute Gasteiger partial charge is 0.378 e. The second-order valence-electron chi connectivity index (χ2n) is 4.18. The lowest BCUT2D eigenvalue weighted by atomic mass is 10.2. The molecule has 0 saturated carbocycles. The number of aryl methyl sites for hydroxylation is 1. The SMILES string of the molecule is CCc1[nH]nc(C(=O)N2CCOCC2)c1S(N)(=O)=O. The first kappa shape index (κ1) is 14.0. The number of carbonyl (C=O) groups excluding carboxylic acids is 1. The molecule has 0 unspecified atom stereocenters. The molecule has 1 aromatic rings. The molecule has 0 radical (unpaired) electrons. The van der Waals surface area contributed by atoms with Crippen LogP contribution in [-0.2, 0) is 21.2 Å². The number of amides is 1. The van der Waals surface area contributed by atoms with Crippen LogP contribution in [0.25, 0.3) is 0 Å². The molecule has 1 fully saturated rings. The van der Waals surface area contributed by atoms with Gasteiger partial charge < -0.3 is 9.64 Å². The van der Waals surface area contributed by atoms with Gasteiger partial charge in [0.1, 0.15) is 4.90 Å². The van der Waals surface area contributed by atoms with Gasteiger partial charge in [-0.15, -0.1) is 0 Å². The minimum atomic E-state index is -3.99. The molecule has 3 N–H and O–H groups in total. The topological polar surface area (TPSA) is 118 Å². The van der Waals surface area contributed by atoms with E-state index in [1.165, 1.54) is 4.90 Å². The van der Waals surface area contributed by atoms with Gasteiger partial charge in [0.2, 0.25) is 10.0 Å². The molecule has 1 aliphatic heterocycles. The molecule has 0 aliphatic carbocycles. The molecule has 1 aromatic heterocycles. The number of aromatic amines is 1. The third-order valence-electron chi connectivity index (χ3n) is 2.93. The predicted molar refractivity (Wildman–Crippen MR) is 66.1 cm³/mol. The lowest BCUT2D eigenvalue weighted by Gasteiger charge is -2.26. The summed E-state index contributed by atoms with van der Waals surface area (Å²) in [5.74, 6) is -0.441. The summed E-state index contributed by atoms with van der Waals surface area (Å²) >= 11 is 0. The second kappa shape index (κ2) is 5.27. The third-order valence-corrected chi connectivity index (χ3v) is 3.94. The molecule has 2 rings (SSSR count). The summed E-state index contributed by atoms with van der Waals surface area (Å²) in [5.41, 5.74) is 0.209. The predicted octanol–water partition coefficient (Wildman–Crippen LogP) is -0.908. The number of hydrogen-bond donors (Lipinski definition) is 2. The number of nitrogens with zero attached hydrogens (tertiary/aromatic N) is 2. The number of morpholine rings is 1. The summed E-state index contributed by atoms with van der Waals surface area (Å²) in [7, 11) is -3.99. The van der Waals surface area contributed by atoms with Gasteiger partial charge in [-0.1, -0.05) is 6.92 Å². The minimum absolute atomic E-state index is 0.138. The first-order valence-electron chi connectivity index (χ1n) is 5.92. The van der Waals surface area contributed by atoms with Crippen LogP contribution in [0.1, 0.15) is 23.1 Å². The van der Waals surface area contributed by atoms with Gasteiger partial charge in [-0.3, -0.25) is 9.89 Å². The van der Waals surface area contributed by atoms with Gasteiger partial charge in [0, 0.05) is 13.1 Å². The highest BCUT2D eigenvalue weighted by molar-refractivity contribution is 7.89. The van der Waals surface area contributed by atoms with Crippen molar-refractivity contribution >= 4 is 15.9 Å². The summed E-state index contributed by atoms with van der Waals surface area (Å²) in [5, 5.41) is 11.5. The fourth-order valence-corrected chi connectivity index (χ4v) is 2.91. The number of ether oxygens (including phenoxy) is 1. The van der Waals surface area contributed by atoms with E-state index in [2.05, 4.69) is 10.2 Å². The molecule has 1 saturated heterocycles. The van der Waals surface area contributed by atoms with Crippen LogP contribution in [0, 0.1) is 0 Å². The summed E-state index contributed by atoms with van der Waals surface area (Å²) in [6.45, 7) is 3.45. The molecule has 2 heterocycles. The van der Waals surface area contributed by atoms with Crippen molar-refractivity contribution in [1.29, 1.82) is 0 Å². The van der Waals surface area contributed by atoms with E-state index in [1.54, 1.807) is 6.92 Å². The maximum Gasteiger partial charge on any atom is 0.275 e. The average Bonchev–Trinajstić information content (AvgIpc) is 2.82. The molecule has 106 valence electrons. The molecular weight excluding hydrogens is 272 g/mol. The highest BCUT2D eigenvalue weighted by atomic mass is 32.2. The van der Waals surface area contributed by atoms with E-state index in [9.17, 15) is 13.2 Å². The van der Waals surface area contributed by atoms with Gasteiger partial charge in [0.15, 0.2) is 5.69 Å². The normalized spacial score (nSPS) is 16.6. The number of carbonyl (C=O) groups is 1. The zero-order valence-corrected chi connectivity index (χ0v) is 11.4. The monoisotopic (exact) mass is 288 g/mol. The Bertz CT molecular complexity index is 574. The summed E-state index contributed by atoms with van der Waals surface area (Å²) in [6.07, 6.45) is 0.398. The Morgan fingerprint density at radius 2 is 2.11 bits per heavy atom. The van der Waals surface area contributed by atoms with Gasteiger partial charge in [0.05, 0.1) is 18.9 Å². The Kier molecular flexibility index (Phi) is 3.88. The van der Waals surface area contributed by atoms with E-state index in [-0.39, 0.29) is 10.6 Å². The van der Waals surface area contributed by atoms with Crippen molar-refractivity contribution < 1.29 is 17.9 Å². The molecule has 0 aromatic carbocycles. The number of aromatic nitrogens is 2. The van der Waals surface area contributed by atoms with Crippen LogP contribution < -0.4 is 5.14 Å². The van der Waals surface area contributed by atoms with E-state index < -0.39 is 15.9 Å². The van der Waals surface area contributed by atoms with Crippen molar-refractivity contribution in [2.45, 2.75) is 18.2 Å². The molecular formula is C10H16N4O4S. The van der Waals surface area contributed by atoms with Crippen molar-refractivity contribution in [3.05, 3.63) is 11.4 Å². The van der Waals surface area contributed by atoms with E-state index in [4.69, 9.17) is 9.88 Å². The van der Waals surface area contributed by atoms with Crippen LogP contribution in [0.4, 0.5) is 0 Å². The van der Waals surface area contributed by atoms with Gasteiger partial charge in [-0.05, 0) is 6.42 Å². The van der Waals surface area contributed by atoms with Crippen LogP contribution in [-0.4, -0.2) is 55.7 Å². The maximum absolute atomic E-state index is 12.3. The molecule has 8 nitrogen and oxygen atoms in total. The lowest BCUT2D eigenvalue weighted by Crippen LogP contribution is -2.41. The minimum Gasteiger partial charge on any atom is -0.378 e. The van der Waals surface area contributed by atoms with Crippen molar-refractivity contribution in [3.63, 3.8) is 0 Å². The van der Waals surface area contributed by atoms with E-state index in [0.29, 0.717) is 38.4 Å². The quantitative estimate of drug-likeness (QED) is 0.746. The van der Waals surface area contributed by atoms with Crippen LogP contribution in [0.3, 0.4) is 0 Å². The van der Waals surface area contributed by atoms with Gasteiger partial charge in [-0.25, -0.2) is 13.6 Å². The standard InChI is InChI=1S/C10H16N4O4S/c1-2-7-9(19(11,16)17)8(13-12-7)10(15)14-3-5-18-6-4-14/h2-6H2,1H3,(H,12,13)(H2,11,16,17). The fraction of sp³-hybridized carbons (Fsp3) is 0.600. The Balaban J connectivity index is 2.39. The first-order chi connectivity index (χ1) is 8.95. The first-order valence-corrected chi connectivity index (χ1v) is 7.46. The zero-order chi connectivity index (χ0) is 14.0. The number of nitrogens with two attached hydrogens (primary N) is 1. The number of hydrogen-bond acceptors (Lipinski definition) is 5. The summed E-state index contributed by atoms with van der Waals surface area (Å²) < 4.78 is 28.4. The van der Waals surface area contributed by atoms with Crippen molar-refractivity contribution in [1.82, 2.24) is 15.1 Å². The third kappa shape index (κ3) is 2.77. The number of nitrogens with one attached hydrogen (secondary N) is 1. The van der Waals surface area contributed by atoms with Crippen LogP contribution in [0.2, 0.25) is 0 Å².